The predicted molar refractivity (Wildman–Crippen MR) is 76.9 cm³/mol. The smallest absolute Gasteiger partial charge is 0.337 e. The van der Waals surface area contributed by atoms with E-state index in [4.69, 9.17) is 4.74 Å². The van der Waals surface area contributed by atoms with Crippen molar-refractivity contribution in [2.24, 2.45) is 0 Å². The molecular formula is C15H19NO5. The van der Waals surface area contributed by atoms with Crippen molar-refractivity contribution < 1.29 is 23.9 Å². The molecule has 6 heteroatoms. The maximum atomic E-state index is 11.7. The minimum Gasteiger partial charge on any atom is -0.465 e. The molecule has 0 saturated carbocycles. The van der Waals surface area contributed by atoms with E-state index in [1.165, 1.54) is 7.11 Å². The second-order valence-electron chi connectivity index (χ2n) is 4.66. The Morgan fingerprint density at radius 3 is 2.24 bits per heavy atom. The molecule has 0 atom stereocenters. The van der Waals surface area contributed by atoms with Gasteiger partial charge >= 0.3 is 11.9 Å². The Morgan fingerprint density at radius 2 is 1.71 bits per heavy atom. The first kappa shape index (κ1) is 16.7. The van der Waals surface area contributed by atoms with Gasteiger partial charge in [0.25, 0.3) is 0 Å². The molecular weight excluding hydrogens is 274 g/mol. The number of esters is 2. The largest absolute Gasteiger partial charge is 0.465 e. The molecule has 0 saturated heterocycles. The quantitative estimate of drug-likeness (QED) is 0.813. The van der Waals surface area contributed by atoms with Crippen LogP contribution in [0.4, 0.5) is 5.69 Å². The summed E-state index contributed by atoms with van der Waals surface area (Å²) in [5.74, 6) is -1.13. The lowest BCUT2D eigenvalue weighted by molar-refractivity contribution is -0.148. The molecule has 0 aromatic heterocycles. The Morgan fingerprint density at radius 1 is 1.10 bits per heavy atom. The van der Waals surface area contributed by atoms with Gasteiger partial charge in [-0.2, -0.15) is 0 Å². The fourth-order valence-corrected chi connectivity index (χ4v) is 1.57. The summed E-state index contributed by atoms with van der Waals surface area (Å²) in [6.45, 7) is 3.50. The highest BCUT2D eigenvalue weighted by atomic mass is 16.5. The first-order valence-corrected chi connectivity index (χ1v) is 6.60. The summed E-state index contributed by atoms with van der Waals surface area (Å²) in [4.78, 5) is 34.2. The Labute approximate surface area is 123 Å². The van der Waals surface area contributed by atoms with Crippen LogP contribution in [0.3, 0.4) is 0 Å². The van der Waals surface area contributed by atoms with Gasteiger partial charge in [-0.3, -0.25) is 9.59 Å². The predicted octanol–water partition coefficient (Wildman–Crippen LogP) is 2.14. The van der Waals surface area contributed by atoms with Crippen LogP contribution < -0.4 is 5.32 Å². The molecule has 1 amide bonds. The van der Waals surface area contributed by atoms with Crippen molar-refractivity contribution in [3.63, 3.8) is 0 Å². The van der Waals surface area contributed by atoms with Crippen molar-refractivity contribution >= 4 is 23.5 Å². The van der Waals surface area contributed by atoms with E-state index in [0.717, 1.165) is 0 Å². The van der Waals surface area contributed by atoms with Crippen molar-refractivity contribution in [2.75, 3.05) is 12.4 Å². The number of amides is 1. The van der Waals surface area contributed by atoms with E-state index in [1.807, 2.05) is 0 Å². The van der Waals surface area contributed by atoms with E-state index in [0.29, 0.717) is 11.3 Å². The van der Waals surface area contributed by atoms with Gasteiger partial charge in [0, 0.05) is 12.1 Å². The summed E-state index contributed by atoms with van der Waals surface area (Å²) in [6, 6.07) is 6.29. The maximum Gasteiger partial charge on any atom is 0.337 e. The van der Waals surface area contributed by atoms with Crippen molar-refractivity contribution in [1.29, 1.82) is 0 Å². The molecule has 1 aromatic rings. The molecule has 114 valence electrons. The molecule has 1 rings (SSSR count). The third-order valence-corrected chi connectivity index (χ3v) is 2.51. The van der Waals surface area contributed by atoms with Gasteiger partial charge < -0.3 is 14.8 Å². The van der Waals surface area contributed by atoms with Crippen molar-refractivity contribution in [2.45, 2.75) is 32.8 Å². The zero-order valence-electron chi connectivity index (χ0n) is 12.3. The number of ether oxygens (including phenoxy) is 2. The summed E-state index contributed by atoms with van der Waals surface area (Å²) in [5, 5.41) is 2.64. The standard InChI is InChI=1S/C15H19NO5/c1-10(2)21-14(18)9-8-13(17)16-12-6-4-11(5-7-12)15(19)20-3/h4-7,10H,8-9H2,1-3H3,(H,16,17). The number of nitrogens with one attached hydrogen (secondary N) is 1. The number of hydrogen-bond donors (Lipinski definition) is 1. The Balaban J connectivity index is 2.44. The summed E-state index contributed by atoms with van der Waals surface area (Å²) in [6.07, 6.45) is -0.111. The monoisotopic (exact) mass is 293 g/mol. The molecule has 21 heavy (non-hydrogen) atoms. The van der Waals surface area contributed by atoms with E-state index in [2.05, 4.69) is 10.1 Å². The number of carbonyl (C=O) groups excluding carboxylic acids is 3. The summed E-state index contributed by atoms with van der Waals surface area (Å²) in [7, 11) is 1.30. The molecule has 6 nitrogen and oxygen atoms in total. The molecule has 0 aliphatic heterocycles. The Hall–Kier alpha value is -2.37. The molecule has 0 fully saturated rings. The van der Waals surface area contributed by atoms with Crippen LogP contribution in [0.15, 0.2) is 24.3 Å². The van der Waals surface area contributed by atoms with E-state index in [1.54, 1.807) is 38.1 Å². The zero-order valence-corrected chi connectivity index (χ0v) is 12.3. The van der Waals surface area contributed by atoms with Gasteiger partial charge in [0.1, 0.15) is 0 Å². The van der Waals surface area contributed by atoms with Crippen LogP contribution in [0.2, 0.25) is 0 Å². The van der Waals surface area contributed by atoms with Crippen LogP contribution in [0.25, 0.3) is 0 Å². The molecule has 0 unspecified atom stereocenters. The number of benzene rings is 1. The second kappa shape index (κ2) is 8.04. The van der Waals surface area contributed by atoms with Crippen LogP contribution in [0, 0.1) is 0 Å². The van der Waals surface area contributed by atoms with E-state index >= 15 is 0 Å². The zero-order chi connectivity index (χ0) is 15.8. The number of hydrogen-bond acceptors (Lipinski definition) is 5. The minimum atomic E-state index is -0.440. The number of rotatable bonds is 6. The molecule has 0 radical (unpaired) electrons. The summed E-state index contributed by atoms with van der Waals surface area (Å²) in [5.41, 5.74) is 0.945. The Bertz CT molecular complexity index is 507. The van der Waals surface area contributed by atoms with Gasteiger partial charge in [0.15, 0.2) is 0 Å². The third-order valence-electron chi connectivity index (χ3n) is 2.51. The molecule has 1 aromatic carbocycles. The third kappa shape index (κ3) is 6.07. The molecule has 0 bridgehead atoms. The second-order valence-corrected chi connectivity index (χ2v) is 4.66. The minimum absolute atomic E-state index is 0.0320. The molecule has 0 spiro atoms. The van der Waals surface area contributed by atoms with Crippen molar-refractivity contribution in [3.8, 4) is 0 Å². The van der Waals surface area contributed by atoms with E-state index in [-0.39, 0.29) is 24.9 Å². The van der Waals surface area contributed by atoms with Crippen LogP contribution in [0.1, 0.15) is 37.0 Å². The lowest BCUT2D eigenvalue weighted by Gasteiger charge is -2.08. The topological polar surface area (TPSA) is 81.7 Å². The molecule has 0 aliphatic carbocycles. The highest BCUT2D eigenvalue weighted by Crippen LogP contribution is 2.11. The van der Waals surface area contributed by atoms with Gasteiger partial charge in [-0.05, 0) is 38.1 Å². The summed E-state index contributed by atoms with van der Waals surface area (Å²) >= 11 is 0. The lowest BCUT2D eigenvalue weighted by Crippen LogP contribution is -2.16. The maximum absolute atomic E-state index is 11.7. The van der Waals surface area contributed by atoms with Crippen LogP contribution in [-0.4, -0.2) is 31.1 Å². The molecule has 0 heterocycles. The normalized spacial score (nSPS) is 10.1. The SMILES string of the molecule is COC(=O)c1ccc(NC(=O)CCC(=O)OC(C)C)cc1. The van der Waals surface area contributed by atoms with Gasteiger partial charge in [-0.15, -0.1) is 0 Å². The van der Waals surface area contributed by atoms with Crippen LogP contribution >= 0.6 is 0 Å². The summed E-state index contributed by atoms with van der Waals surface area (Å²) < 4.78 is 9.51. The van der Waals surface area contributed by atoms with Gasteiger partial charge in [0.2, 0.25) is 5.91 Å². The van der Waals surface area contributed by atoms with Crippen LogP contribution in [0.5, 0.6) is 0 Å². The number of carbonyl (C=O) groups is 3. The van der Waals surface area contributed by atoms with Gasteiger partial charge in [0.05, 0.1) is 25.2 Å². The fourth-order valence-electron chi connectivity index (χ4n) is 1.57. The molecule has 1 N–H and O–H groups in total. The number of methoxy groups -OCH3 is 1. The number of anilines is 1. The van der Waals surface area contributed by atoms with Gasteiger partial charge in [-0.25, -0.2) is 4.79 Å². The fraction of sp³-hybridized carbons (Fsp3) is 0.400. The van der Waals surface area contributed by atoms with Crippen molar-refractivity contribution in [3.05, 3.63) is 29.8 Å². The van der Waals surface area contributed by atoms with Crippen LogP contribution in [-0.2, 0) is 19.1 Å². The van der Waals surface area contributed by atoms with E-state index < -0.39 is 11.9 Å². The average molecular weight is 293 g/mol. The highest BCUT2D eigenvalue weighted by molar-refractivity contribution is 5.94. The molecule has 0 aliphatic rings. The lowest BCUT2D eigenvalue weighted by atomic mass is 10.2. The first-order chi connectivity index (χ1) is 9.92. The van der Waals surface area contributed by atoms with Gasteiger partial charge in [-0.1, -0.05) is 0 Å². The Kier molecular flexibility index (Phi) is 6.39. The highest BCUT2D eigenvalue weighted by Gasteiger charge is 2.10. The van der Waals surface area contributed by atoms with E-state index in [9.17, 15) is 14.4 Å². The first-order valence-electron chi connectivity index (χ1n) is 6.60. The van der Waals surface area contributed by atoms with Crippen molar-refractivity contribution in [1.82, 2.24) is 0 Å². The average Bonchev–Trinajstić information content (AvgIpc) is 2.44.